The van der Waals surface area contributed by atoms with E-state index in [1.165, 1.54) is 27.5 Å². The van der Waals surface area contributed by atoms with Crippen LogP contribution in [-0.2, 0) is 34.7 Å². The predicted molar refractivity (Wildman–Crippen MR) is 135 cm³/mol. The van der Waals surface area contributed by atoms with Gasteiger partial charge in [0.1, 0.15) is 14.5 Å². The van der Waals surface area contributed by atoms with Crippen molar-refractivity contribution >= 4 is 38.2 Å². The molecule has 3 aliphatic rings. The molecule has 7 nitrogen and oxygen atoms in total. The molecule has 172 valence electrons. The van der Waals surface area contributed by atoms with E-state index in [4.69, 9.17) is 9.72 Å². The molecule has 0 saturated heterocycles. The zero-order valence-electron chi connectivity index (χ0n) is 20.3. The normalized spacial score (nSPS) is 22.5. The third-order valence-electron chi connectivity index (χ3n) is 8.29. The molecule has 4 heterocycles. The van der Waals surface area contributed by atoms with E-state index in [1.54, 1.807) is 17.6 Å². The fourth-order valence-corrected chi connectivity index (χ4v) is 6.23. The molecule has 2 atom stereocenters. The summed E-state index contributed by atoms with van der Waals surface area (Å²) >= 11 is 0. The average Bonchev–Trinajstić information content (AvgIpc) is 3.18. The highest BCUT2D eigenvalue weighted by atomic mass is 16.6. The number of hydrogen-bond acceptors (Lipinski definition) is 6. The van der Waals surface area contributed by atoms with Crippen LogP contribution in [0.1, 0.15) is 59.2 Å². The molecule has 0 bridgehead atoms. The molecular weight excluding hydrogens is 428 g/mol. The first-order valence-electron chi connectivity index (χ1n) is 12.0. The number of fused-ring (bicyclic) bond motifs is 5. The molecule has 0 spiro atoms. The molecule has 0 fully saturated rings. The molecule has 0 saturated carbocycles. The summed E-state index contributed by atoms with van der Waals surface area (Å²) in [6, 6.07) is 4.17. The molecule has 1 aliphatic carbocycles. The summed E-state index contributed by atoms with van der Waals surface area (Å²) in [7, 11) is 6.33. The predicted octanol–water partition coefficient (Wildman–Crippen LogP) is 0.114. The van der Waals surface area contributed by atoms with Crippen molar-refractivity contribution in [1.29, 1.82) is 0 Å². The van der Waals surface area contributed by atoms with Crippen LogP contribution in [0, 0.1) is 6.92 Å². The molecule has 9 heteroatoms. The number of carbonyl (C=O) groups is 1. The Hall–Kier alpha value is -2.90. The lowest BCUT2D eigenvalue weighted by atomic mass is 9.77. The Bertz CT molecular complexity index is 1500. The van der Waals surface area contributed by atoms with Gasteiger partial charge in [0.25, 0.3) is 5.56 Å². The summed E-state index contributed by atoms with van der Waals surface area (Å²) < 4.78 is 6.95. The maximum atomic E-state index is 13.6. The molecule has 34 heavy (non-hydrogen) atoms. The van der Waals surface area contributed by atoms with Crippen molar-refractivity contribution in [3.05, 3.63) is 55.9 Å². The van der Waals surface area contributed by atoms with Crippen molar-refractivity contribution in [2.75, 3.05) is 7.05 Å². The molecule has 0 amide bonds. The van der Waals surface area contributed by atoms with Gasteiger partial charge in [-0.15, -0.1) is 0 Å². The lowest BCUT2D eigenvalue weighted by molar-refractivity contribution is -0.172. The van der Waals surface area contributed by atoms with E-state index in [-0.39, 0.29) is 24.6 Å². The highest BCUT2D eigenvalue weighted by molar-refractivity contribution is 6.34. The van der Waals surface area contributed by atoms with E-state index in [1.807, 2.05) is 0 Å². The van der Waals surface area contributed by atoms with Crippen LogP contribution in [0.4, 0.5) is 0 Å². The van der Waals surface area contributed by atoms with E-state index in [9.17, 15) is 14.7 Å². The van der Waals surface area contributed by atoms with E-state index in [2.05, 4.69) is 40.7 Å². The topological polar surface area (TPSA) is 84.7 Å². The summed E-state index contributed by atoms with van der Waals surface area (Å²) in [5.41, 5.74) is 7.30. The largest absolute Gasteiger partial charge is 0.458 e. The van der Waals surface area contributed by atoms with Crippen molar-refractivity contribution < 1.29 is 14.6 Å². The monoisotopic (exact) mass is 455 g/mol. The van der Waals surface area contributed by atoms with Gasteiger partial charge in [0.05, 0.1) is 29.0 Å². The van der Waals surface area contributed by atoms with Crippen LogP contribution < -0.4 is 11.0 Å². The standard InChI is InChI=1S/C25H27B2N3O4/c1-4-25(33)15-7-19-22-13(9-30(19)23(31)14(15)10-34-24(25)32)21-18(29(3)27)6-5-12-11(2)16(26)8-17(28-22)20(12)21/h7-8,18,33H,4-6,9-10,26-27H2,1-3H3/t18-,25-/m0/s1. The first-order chi connectivity index (χ1) is 16.2. The van der Waals surface area contributed by atoms with Crippen molar-refractivity contribution in [2.45, 2.75) is 57.9 Å². The van der Waals surface area contributed by atoms with E-state index in [0.717, 1.165) is 29.6 Å². The van der Waals surface area contributed by atoms with E-state index < -0.39 is 11.6 Å². The van der Waals surface area contributed by atoms with Gasteiger partial charge >= 0.3 is 5.97 Å². The fraction of sp³-hybridized carbons (Fsp3) is 0.400. The van der Waals surface area contributed by atoms with Crippen molar-refractivity contribution in [3.63, 3.8) is 0 Å². The molecule has 0 radical (unpaired) electrons. The lowest BCUT2D eigenvalue weighted by Crippen LogP contribution is -2.44. The maximum Gasteiger partial charge on any atom is 0.343 e. The summed E-state index contributed by atoms with van der Waals surface area (Å²) in [5, 5.41) is 12.4. The van der Waals surface area contributed by atoms with Crippen LogP contribution >= 0.6 is 0 Å². The minimum absolute atomic E-state index is 0.114. The van der Waals surface area contributed by atoms with Gasteiger partial charge in [0.15, 0.2) is 13.6 Å². The van der Waals surface area contributed by atoms with Gasteiger partial charge in [-0.2, -0.15) is 0 Å². The van der Waals surface area contributed by atoms with E-state index >= 15 is 0 Å². The maximum absolute atomic E-state index is 13.6. The fourth-order valence-electron chi connectivity index (χ4n) is 6.23. The highest BCUT2D eigenvalue weighted by Gasteiger charge is 2.45. The van der Waals surface area contributed by atoms with Crippen LogP contribution in [0.15, 0.2) is 16.9 Å². The number of aromatic nitrogens is 2. The zero-order valence-corrected chi connectivity index (χ0v) is 20.3. The number of hydrogen-bond donors (Lipinski definition) is 1. The quantitative estimate of drug-likeness (QED) is 0.342. The second-order valence-electron chi connectivity index (χ2n) is 10.2. The summed E-state index contributed by atoms with van der Waals surface area (Å²) in [6.07, 6.45) is 2.15. The molecular formula is C25H27B2N3O4. The third-order valence-corrected chi connectivity index (χ3v) is 8.29. The first-order valence-corrected chi connectivity index (χ1v) is 12.0. The number of benzene rings is 1. The van der Waals surface area contributed by atoms with Gasteiger partial charge in [0.2, 0.25) is 0 Å². The Morgan fingerprint density at radius 2 is 2.06 bits per heavy atom. The lowest BCUT2D eigenvalue weighted by Gasteiger charge is -2.34. The molecule has 1 aromatic carbocycles. The number of carbonyl (C=O) groups excluding carboxylic acids is 1. The van der Waals surface area contributed by atoms with Crippen molar-refractivity contribution in [2.24, 2.45) is 0 Å². The van der Waals surface area contributed by atoms with E-state index in [0.29, 0.717) is 23.4 Å². The van der Waals surface area contributed by atoms with Crippen LogP contribution in [0.5, 0.6) is 0 Å². The van der Waals surface area contributed by atoms with Crippen LogP contribution in [0.25, 0.3) is 22.3 Å². The summed E-state index contributed by atoms with van der Waals surface area (Å²) in [4.78, 5) is 33.4. The smallest absolute Gasteiger partial charge is 0.343 e. The number of cyclic esters (lactones) is 1. The number of rotatable bonds is 2. The van der Waals surface area contributed by atoms with Gasteiger partial charge < -0.3 is 19.2 Å². The number of pyridine rings is 2. The number of aryl methyl sites for hydroxylation is 1. The second kappa shape index (κ2) is 7.06. The molecule has 3 aromatic rings. The van der Waals surface area contributed by atoms with Crippen LogP contribution in [0.3, 0.4) is 0 Å². The average molecular weight is 455 g/mol. The van der Waals surface area contributed by atoms with Gasteiger partial charge in [0, 0.05) is 22.6 Å². The number of aliphatic hydroxyl groups is 1. The Labute approximate surface area is 199 Å². The Kier molecular flexibility index (Phi) is 4.49. The van der Waals surface area contributed by atoms with Crippen LogP contribution in [0.2, 0.25) is 0 Å². The molecule has 0 unspecified atom stereocenters. The minimum Gasteiger partial charge on any atom is -0.458 e. The van der Waals surface area contributed by atoms with Gasteiger partial charge in [-0.05, 0) is 56.5 Å². The Balaban J connectivity index is 1.70. The van der Waals surface area contributed by atoms with Crippen molar-refractivity contribution in [1.82, 2.24) is 14.4 Å². The highest BCUT2D eigenvalue weighted by Crippen LogP contribution is 2.46. The van der Waals surface area contributed by atoms with Crippen molar-refractivity contribution in [3.8, 4) is 11.4 Å². The second-order valence-corrected chi connectivity index (χ2v) is 10.2. The molecule has 2 aliphatic heterocycles. The zero-order chi connectivity index (χ0) is 24.1. The number of nitrogens with zero attached hydrogens (tertiary/aromatic N) is 3. The summed E-state index contributed by atoms with van der Waals surface area (Å²) in [6.45, 7) is 4.23. The SMILES string of the molecule is Bc1cc2nc3c(c4c2c(c1C)CC[C@@H]4N(B)C)Cn1c-3cc2c(c1=O)COC(=O)[C@]2(O)CC. The summed E-state index contributed by atoms with van der Waals surface area (Å²) in [5.74, 6) is -0.699. The molecule has 1 N–H and O–H groups in total. The van der Waals surface area contributed by atoms with Gasteiger partial charge in [-0.25, -0.2) is 9.78 Å². The Morgan fingerprint density at radius 3 is 2.76 bits per heavy atom. The van der Waals surface area contributed by atoms with Gasteiger partial charge in [-0.3, -0.25) is 4.79 Å². The molecule has 2 aromatic heterocycles. The Morgan fingerprint density at radius 1 is 1.29 bits per heavy atom. The molecule has 6 rings (SSSR count). The minimum atomic E-state index is -1.82. The number of ether oxygens (including phenoxy) is 1. The first kappa shape index (κ1) is 21.6. The van der Waals surface area contributed by atoms with Crippen LogP contribution in [-0.4, -0.2) is 48.3 Å². The van der Waals surface area contributed by atoms with Gasteiger partial charge in [-0.1, -0.05) is 17.9 Å². The number of esters is 1. The third kappa shape index (κ3) is 2.59.